The Morgan fingerprint density at radius 3 is 2.62 bits per heavy atom. The van der Waals surface area contributed by atoms with Gasteiger partial charge in [-0.15, -0.1) is 5.10 Å². The first-order valence-electron chi connectivity index (χ1n) is 14.9. The Labute approximate surface area is 269 Å². The predicted octanol–water partition coefficient (Wildman–Crippen LogP) is 3.07. The first-order chi connectivity index (χ1) is 22.7. The second-order valence-electron chi connectivity index (χ2n) is 11.3. The van der Waals surface area contributed by atoms with Crippen LogP contribution in [0.25, 0.3) is 22.1 Å². The molecule has 1 fully saturated rings. The summed E-state index contributed by atoms with van der Waals surface area (Å²) in [5.41, 5.74) is 2.17. The number of hydrogen-bond acceptors (Lipinski definition) is 7. The third-order valence-electron chi connectivity index (χ3n) is 7.68. The fourth-order valence-corrected chi connectivity index (χ4v) is 6.49. The second kappa shape index (κ2) is 11.9. The third kappa shape index (κ3) is 6.09. The topological polar surface area (TPSA) is 157 Å². The maximum absolute atomic E-state index is 14.3. The van der Waals surface area contributed by atoms with Crippen molar-refractivity contribution in [2.45, 2.75) is 31.8 Å². The summed E-state index contributed by atoms with van der Waals surface area (Å²) < 4.78 is 35.1. The van der Waals surface area contributed by atoms with Gasteiger partial charge in [-0.05, 0) is 55.5 Å². The molecule has 3 N–H and O–H groups in total. The largest absolute Gasteiger partial charge is 0.344 e. The van der Waals surface area contributed by atoms with Gasteiger partial charge in [0.1, 0.15) is 5.56 Å². The minimum atomic E-state index is -4.00. The summed E-state index contributed by atoms with van der Waals surface area (Å²) in [6, 6.07) is 17.2. The summed E-state index contributed by atoms with van der Waals surface area (Å²) in [5.74, 6) is 5.42. The van der Waals surface area contributed by atoms with Crippen molar-refractivity contribution >= 4 is 38.4 Å². The van der Waals surface area contributed by atoms with E-state index in [9.17, 15) is 18.0 Å². The third-order valence-corrected chi connectivity index (χ3v) is 8.79. The van der Waals surface area contributed by atoms with Gasteiger partial charge in [0.15, 0.2) is 11.5 Å². The predicted molar refractivity (Wildman–Crippen MR) is 176 cm³/mol. The molecule has 2 aromatic carbocycles. The van der Waals surface area contributed by atoms with Crippen molar-refractivity contribution in [2.24, 2.45) is 7.05 Å². The van der Waals surface area contributed by atoms with E-state index in [0.29, 0.717) is 33.3 Å². The molecule has 6 aromatic rings. The fourth-order valence-electron chi connectivity index (χ4n) is 5.36. The molecule has 13 nitrogen and oxygen atoms in total. The van der Waals surface area contributed by atoms with Crippen LogP contribution < -0.4 is 20.3 Å². The number of rotatable bonds is 8. The first kappa shape index (κ1) is 29.9. The molecule has 4 aromatic heterocycles. The molecule has 4 heterocycles. The molecule has 1 amide bonds. The lowest BCUT2D eigenvalue weighted by atomic mass is 10.0. The van der Waals surface area contributed by atoms with E-state index in [-0.39, 0.29) is 28.6 Å². The van der Waals surface area contributed by atoms with Crippen LogP contribution in [0.5, 0.6) is 0 Å². The Bertz CT molecular complexity index is 2400. The molecule has 236 valence electrons. The number of para-hydroxylation sites is 1. The van der Waals surface area contributed by atoms with Gasteiger partial charge in [0.25, 0.3) is 11.5 Å². The number of carbonyl (C=O) groups is 1. The summed E-state index contributed by atoms with van der Waals surface area (Å²) in [4.78, 5) is 32.6. The molecule has 7 rings (SSSR count). The van der Waals surface area contributed by atoms with Gasteiger partial charge >= 0.3 is 10.2 Å². The number of benzene rings is 2. The minimum absolute atomic E-state index is 0.0546. The average molecular weight is 648 g/mol. The van der Waals surface area contributed by atoms with Crippen molar-refractivity contribution in [3.05, 3.63) is 118 Å². The molecular formula is C33H29N9O4S. The second-order valence-corrected chi connectivity index (χ2v) is 12.7. The number of fused-ring (bicyclic) bond motifs is 2. The number of anilines is 1. The molecule has 0 spiro atoms. The minimum Gasteiger partial charge on any atom is -0.344 e. The molecule has 0 bridgehead atoms. The maximum atomic E-state index is 14.3. The van der Waals surface area contributed by atoms with Crippen LogP contribution in [0.3, 0.4) is 0 Å². The van der Waals surface area contributed by atoms with Crippen molar-refractivity contribution in [1.29, 1.82) is 0 Å². The van der Waals surface area contributed by atoms with Crippen molar-refractivity contribution in [3.8, 4) is 17.5 Å². The van der Waals surface area contributed by atoms with Gasteiger partial charge in [-0.3, -0.25) is 23.6 Å². The molecule has 1 atom stereocenters. The van der Waals surface area contributed by atoms with Gasteiger partial charge in [-0.25, -0.2) is 9.50 Å². The van der Waals surface area contributed by atoms with Crippen LogP contribution in [0.1, 0.15) is 53.0 Å². The van der Waals surface area contributed by atoms with Crippen LogP contribution in [0.15, 0.2) is 90.2 Å². The van der Waals surface area contributed by atoms with E-state index in [0.717, 1.165) is 12.8 Å². The number of aromatic nitrogens is 6. The lowest BCUT2D eigenvalue weighted by Gasteiger charge is -2.21. The number of pyridine rings is 1. The van der Waals surface area contributed by atoms with E-state index in [2.05, 4.69) is 41.8 Å². The molecule has 1 saturated carbocycles. The van der Waals surface area contributed by atoms with Crippen molar-refractivity contribution in [2.75, 3.05) is 4.72 Å². The van der Waals surface area contributed by atoms with Crippen LogP contribution in [0.4, 0.5) is 5.82 Å². The molecule has 1 unspecified atom stereocenters. The highest BCUT2D eigenvalue weighted by Gasteiger charge is 2.30. The molecule has 1 aliphatic rings. The van der Waals surface area contributed by atoms with Crippen LogP contribution in [-0.2, 0) is 17.3 Å². The molecule has 0 radical (unpaired) electrons. The Morgan fingerprint density at radius 1 is 1.06 bits per heavy atom. The lowest BCUT2D eigenvalue weighted by Crippen LogP contribution is -2.34. The van der Waals surface area contributed by atoms with Gasteiger partial charge < -0.3 is 5.32 Å². The Balaban J connectivity index is 1.30. The zero-order valence-corrected chi connectivity index (χ0v) is 26.2. The summed E-state index contributed by atoms with van der Waals surface area (Å²) in [5, 5.41) is 12.5. The van der Waals surface area contributed by atoms with Gasteiger partial charge in [0.05, 0.1) is 23.2 Å². The van der Waals surface area contributed by atoms with Gasteiger partial charge in [-0.1, -0.05) is 42.2 Å². The highest BCUT2D eigenvalue weighted by Crippen LogP contribution is 2.26. The van der Waals surface area contributed by atoms with Crippen LogP contribution in [0, 0.1) is 11.8 Å². The summed E-state index contributed by atoms with van der Waals surface area (Å²) >= 11 is 0. The fraction of sp³-hybridized carbons (Fsp3) is 0.182. The summed E-state index contributed by atoms with van der Waals surface area (Å²) in [6.07, 6.45) is 7.99. The zero-order valence-electron chi connectivity index (χ0n) is 25.4. The highest BCUT2D eigenvalue weighted by molar-refractivity contribution is 7.90. The molecule has 1 aliphatic carbocycles. The van der Waals surface area contributed by atoms with Crippen molar-refractivity contribution in [1.82, 2.24) is 39.0 Å². The number of amides is 1. The standard InChI is InChI=1S/C33H29N9O4S/c1-21(36-32(43)29-30(37-41-17-7-16-34-31(29)41)39-47(45,46)38-25-14-15-25)27-18-24-9-6-8-23(13-12-22-19-35-40(2)20-22)28(24)33(44)42(27)26-10-4-3-5-11-26/h3-11,16-21,25,38H,14-15H2,1-2H3,(H,36,43)(H,37,39). The normalized spacial score (nSPS) is 13.7. The Hall–Kier alpha value is -5.78. The smallest absolute Gasteiger partial charge is 0.300 e. The van der Waals surface area contributed by atoms with Crippen LogP contribution in [-0.4, -0.2) is 49.3 Å². The Morgan fingerprint density at radius 2 is 1.87 bits per heavy atom. The quantitative estimate of drug-likeness (QED) is 0.214. The van der Waals surface area contributed by atoms with Crippen molar-refractivity contribution in [3.63, 3.8) is 0 Å². The average Bonchev–Trinajstić information content (AvgIpc) is 3.63. The number of nitrogens with zero attached hydrogens (tertiary/aromatic N) is 6. The number of nitrogens with one attached hydrogen (secondary N) is 3. The molecular weight excluding hydrogens is 618 g/mol. The van der Waals surface area contributed by atoms with Gasteiger partial charge in [-0.2, -0.15) is 18.2 Å². The number of aryl methyl sites for hydroxylation is 1. The zero-order chi connectivity index (χ0) is 32.7. The highest BCUT2D eigenvalue weighted by atomic mass is 32.2. The monoisotopic (exact) mass is 647 g/mol. The lowest BCUT2D eigenvalue weighted by molar-refractivity contribution is 0.0941. The van der Waals surface area contributed by atoms with E-state index in [1.54, 1.807) is 53.9 Å². The summed E-state index contributed by atoms with van der Waals surface area (Å²) in [7, 11) is -2.19. The van der Waals surface area contributed by atoms with Crippen molar-refractivity contribution < 1.29 is 13.2 Å². The number of carbonyl (C=O) groups excluding carboxylic acids is 1. The van der Waals surface area contributed by atoms with E-state index in [1.165, 1.54) is 10.7 Å². The summed E-state index contributed by atoms with van der Waals surface area (Å²) in [6.45, 7) is 1.75. The van der Waals surface area contributed by atoms with E-state index in [4.69, 9.17) is 0 Å². The van der Waals surface area contributed by atoms with E-state index in [1.807, 2.05) is 48.5 Å². The van der Waals surface area contributed by atoms with E-state index >= 15 is 0 Å². The number of hydrogen-bond donors (Lipinski definition) is 3. The molecule has 0 saturated heterocycles. The van der Waals surface area contributed by atoms with Gasteiger partial charge in [0, 0.05) is 48.6 Å². The van der Waals surface area contributed by atoms with E-state index < -0.39 is 22.2 Å². The molecule has 14 heteroatoms. The first-order valence-corrected chi connectivity index (χ1v) is 16.3. The van der Waals surface area contributed by atoms with Gasteiger partial charge in [0.2, 0.25) is 0 Å². The SMILES string of the molecule is CC(NC(=O)c1c(NS(=O)(=O)NC2CC2)nn2cccnc12)c1cc2cccc(C#Cc3cnn(C)c3)c2c(=O)n1-c1ccccc1. The molecule has 0 aliphatic heterocycles. The van der Waals surface area contributed by atoms with Crippen LogP contribution in [0.2, 0.25) is 0 Å². The maximum Gasteiger partial charge on any atom is 0.300 e. The Kier molecular flexibility index (Phi) is 7.55. The van der Waals surface area contributed by atoms with Crippen LogP contribution >= 0.6 is 0 Å². The molecule has 47 heavy (non-hydrogen) atoms.